The molecule has 6 nitrogen and oxygen atoms in total. The summed E-state index contributed by atoms with van der Waals surface area (Å²) in [6, 6.07) is 0. The van der Waals surface area contributed by atoms with Gasteiger partial charge in [0.1, 0.15) is 12.0 Å². The lowest BCUT2D eigenvalue weighted by Gasteiger charge is -2.06. The lowest BCUT2D eigenvalue weighted by molar-refractivity contribution is -0.385. The molecule has 0 aromatic carbocycles. The summed E-state index contributed by atoms with van der Waals surface area (Å²) in [5.41, 5.74) is 0.524. The van der Waals surface area contributed by atoms with Gasteiger partial charge >= 0.3 is 5.69 Å². The van der Waals surface area contributed by atoms with Gasteiger partial charge in [0.2, 0.25) is 5.82 Å². The Morgan fingerprint density at radius 3 is 2.75 bits per heavy atom. The molecule has 0 radical (unpaired) electrons. The molecule has 0 aliphatic carbocycles. The van der Waals surface area contributed by atoms with E-state index in [1.54, 1.807) is 0 Å². The van der Waals surface area contributed by atoms with Crippen molar-refractivity contribution < 1.29 is 4.92 Å². The third-order valence-corrected chi connectivity index (χ3v) is 2.19. The summed E-state index contributed by atoms with van der Waals surface area (Å²) in [5.74, 6) is 0.314. The predicted octanol–water partition coefficient (Wildman–Crippen LogP) is 2.16. The second kappa shape index (κ2) is 5.99. The van der Waals surface area contributed by atoms with E-state index in [4.69, 9.17) is 0 Å². The SMILES string of the molecule is CCCCc1ncnc(NCC)c1[N+](=O)[O-]. The Morgan fingerprint density at radius 2 is 2.19 bits per heavy atom. The van der Waals surface area contributed by atoms with Gasteiger partial charge in [-0.25, -0.2) is 9.97 Å². The lowest BCUT2D eigenvalue weighted by atomic mass is 10.1. The van der Waals surface area contributed by atoms with Crippen LogP contribution in [0.25, 0.3) is 0 Å². The number of nitro groups is 1. The Labute approximate surface area is 94.3 Å². The molecular formula is C10H16N4O2. The van der Waals surface area contributed by atoms with Crippen molar-refractivity contribution in [1.82, 2.24) is 9.97 Å². The number of nitrogens with one attached hydrogen (secondary N) is 1. The van der Waals surface area contributed by atoms with Crippen LogP contribution in [0.1, 0.15) is 32.4 Å². The normalized spacial score (nSPS) is 10.1. The van der Waals surface area contributed by atoms with Gasteiger partial charge in [-0.1, -0.05) is 13.3 Å². The minimum atomic E-state index is -0.414. The Kier molecular flexibility index (Phi) is 4.63. The van der Waals surface area contributed by atoms with Crippen LogP contribution in [0.5, 0.6) is 0 Å². The van der Waals surface area contributed by atoms with E-state index in [2.05, 4.69) is 15.3 Å². The van der Waals surface area contributed by atoms with E-state index in [1.165, 1.54) is 6.33 Å². The molecule has 0 atom stereocenters. The van der Waals surface area contributed by atoms with Crippen molar-refractivity contribution >= 4 is 11.5 Å². The van der Waals surface area contributed by atoms with Gasteiger partial charge in [0, 0.05) is 6.54 Å². The standard InChI is InChI=1S/C10H16N4O2/c1-3-5-6-8-9(14(15)16)10(11-4-2)13-7-12-8/h7H,3-6H2,1-2H3,(H,11,12,13). The van der Waals surface area contributed by atoms with E-state index in [0.717, 1.165) is 12.8 Å². The second-order valence-corrected chi connectivity index (χ2v) is 3.41. The second-order valence-electron chi connectivity index (χ2n) is 3.41. The van der Waals surface area contributed by atoms with Crippen molar-refractivity contribution in [3.8, 4) is 0 Å². The minimum Gasteiger partial charge on any atom is -0.365 e. The van der Waals surface area contributed by atoms with Crippen molar-refractivity contribution in [2.45, 2.75) is 33.1 Å². The predicted molar refractivity (Wildman–Crippen MR) is 61.5 cm³/mol. The van der Waals surface area contributed by atoms with Crippen LogP contribution in [0.15, 0.2) is 6.33 Å². The van der Waals surface area contributed by atoms with Crippen molar-refractivity contribution in [3.63, 3.8) is 0 Å². The average Bonchev–Trinajstić information content (AvgIpc) is 2.26. The molecule has 6 heteroatoms. The van der Waals surface area contributed by atoms with E-state index in [0.29, 0.717) is 24.5 Å². The molecule has 0 unspecified atom stereocenters. The summed E-state index contributed by atoms with van der Waals surface area (Å²) in [4.78, 5) is 18.4. The monoisotopic (exact) mass is 224 g/mol. The summed E-state index contributed by atoms with van der Waals surface area (Å²) in [6.45, 7) is 4.51. The summed E-state index contributed by atoms with van der Waals surface area (Å²) < 4.78 is 0. The fourth-order valence-corrected chi connectivity index (χ4v) is 1.43. The molecule has 1 rings (SSSR count). The van der Waals surface area contributed by atoms with Crippen molar-refractivity contribution in [1.29, 1.82) is 0 Å². The number of hydrogen-bond acceptors (Lipinski definition) is 5. The number of nitrogens with zero attached hydrogens (tertiary/aromatic N) is 3. The summed E-state index contributed by atoms with van der Waals surface area (Å²) >= 11 is 0. The van der Waals surface area contributed by atoms with Gasteiger partial charge in [-0.2, -0.15) is 0 Å². The Balaban J connectivity index is 3.05. The maximum absolute atomic E-state index is 11.0. The van der Waals surface area contributed by atoms with E-state index >= 15 is 0 Å². The Morgan fingerprint density at radius 1 is 1.44 bits per heavy atom. The molecule has 16 heavy (non-hydrogen) atoms. The molecule has 0 bridgehead atoms. The molecule has 1 heterocycles. The van der Waals surface area contributed by atoms with Crippen LogP contribution in [0.2, 0.25) is 0 Å². The first kappa shape index (κ1) is 12.4. The molecule has 0 amide bonds. The highest BCUT2D eigenvalue weighted by Gasteiger charge is 2.21. The zero-order chi connectivity index (χ0) is 12.0. The topological polar surface area (TPSA) is 81.0 Å². The molecule has 0 aliphatic heterocycles. The zero-order valence-corrected chi connectivity index (χ0v) is 9.56. The molecule has 0 spiro atoms. The minimum absolute atomic E-state index is 0.0119. The number of anilines is 1. The van der Waals surface area contributed by atoms with Crippen LogP contribution in [0.3, 0.4) is 0 Å². The van der Waals surface area contributed by atoms with Crippen LogP contribution in [0.4, 0.5) is 11.5 Å². The Bertz CT molecular complexity index is 368. The first-order valence-corrected chi connectivity index (χ1v) is 5.42. The van der Waals surface area contributed by atoms with Gasteiger partial charge in [-0.05, 0) is 19.8 Å². The fourth-order valence-electron chi connectivity index (χ4n) is 1.43. The van der Waals surface area contributed by atoms with Gasteiger partial charge in [0.15, 0.2) is 0 Å². The van der Waals surface area contributed by atoms with E-state index < -0.39 is 4.92 Å². The molecule has 1 aromatic rings. The van der Waals surface area contributed by atoms with Crippen molar-refractivity contribution in [2.24, 2.45) is 0 Å². The van der Waals surface area contributed by atoms with Gasteiger partial charge in [-0.3, -0.25) is 10.1 Å². The zero-order valence-electron chi connectivity index (χ0n) is 9.56. The third kappa shape index (κ3) is 2.88. The first-order chi connectivity index (χ1) is 7.70. The van der Waals surface area contributed by atoms with Gasteiger partial charge in [-0.15, -0.1) is 0 Å². The summed E-state index contributed by atoms with van der Waals surface area (Å²) in [6.07, 6.45) is 3.87. The van der Waals surface area contributed by atoms with Crippen molar-refractivity contribution in [3.05, 3.63) is 22.1 Å². The number of aromatic nitrogens is 2. The average molecular weight is 224 g/mol. The fraction of sp³-hybridized carbons (Fsp3) is 0.600. The van der Waals surface area contributed by atoms with Crippen LogP contribution >= 0.6 is 0 Å². The first-order valence-electron chi connectivity index (χ1n) is 5.42. The number of unbranched alkanes of at least 4 members (excludes halogenated alkanes) is 1. The van der Waals surface area contributed by atoms with E-state index in [-0.39, 0.29) is 5.69 Å². The maximum atomic E-state index is 11.0. The quantitative estimate of drug-likeness (QED) is 0.591. The van der Waals surface area contributed by atoms with E-state index in [1.807, 2.05) is 13.8 Å². The van der Waals surface area contributed by atoms with Crippen molar-refractivity contribution in [2.75, 3.05) is 11.9 Å². The smallest absolute Gasteiger partial charge is 0.332 e. The molecule has 0 saturated carbocycles. The Hall–Kier alpha value is -1.72. The molecule has 88 valence electrons. The highest BCUT2D eigenvalue weighted by Crippen LogP contribution is 2.25. The van der Waals surface area contributed by atoms with Gasteiger partial charge < -0.3 is 5.32 Å². The number of hydrogen-bond donors (Lipinski definition) is 1. The van der Waals surface area contributed by atoms with Crippen LogP contribution in [-0.2, 0) is 6.42 Å². The van der Waals surface area contributed by atoms with Gasteiger partial charge in [0.05, 0.1) is 4.92 Å². The van der Waals surface area contributed by atoms with Gasteiger partial charge in [0.25, 0.3) is 0 Å². The van der Waals surface area contributed by atoms with Crippen LogP contribution in [-0.4, -0.2) is 21.4 Å². The third-order valence-electron chi connectivity index (χ3n) is 2.19. The summed E-state index contributed by atoms with van der Waals surface area (Å²) in [7, 11) is 0. The highest BCUT2D eigenvalue weighted by atomic mass is 16.6. The maximum Gasteiger partial charge on any atom is 0.332 e. The van der Waals surface area contributed by atoms with E-state index in [9.17, 15) is 10.1 Å². The molecule has 1 N–H and O–H groups in total. The molecule has 1 aromatic heterocycles. The van der Waals surface area contributed by atoms with Crippen LogP contribution in [0, 0.1) is 10.1 Å². The molecule has 0 fully saturated rings. The lowest BCUT2D eigenvalue weighted by Crippen LogP contribution is -2.07. The number of aryl methyl sites for hydroxylation is 1. The summed E-state index contributed by atoms with van der Waals surface area (Å²) in [5, 5.41) is 13.8. The molecule has 0 saturated heterocycles. The molecular weight excluding hydrogens is 208 g/mol. The molecule has 0 aliphatic rings. The number of rotatable bonds is 6. The largest absolute Gasteiger partial charge is 0.365 e. The van der Waals surface area contributed by atoms with Crippen LogP contribution < -0.4 is 5.32 Å². The highest BCUT2D eigenvalue weighted by molar-refractivity contribution is 5.57.